The van der Waals surface area contributed by atoms with Gasteiger partial charge in [-0.3, -0.25) is 4.79 Å². The molecule has 2 N–H and O–H groups in total. The predicted molar refractivity (Wildman–Crippen MR) is 82.6 cm³/mol. The van der Waals surface area contributed by atoms with Crippen LogP contribution >= 0.6 is 31.9 Å². The molecular formula is C14H11Br2NO2. The van der Waals surface area contributed by atoms with Gasteiger partial charge in [-0.2, -0.15) is 0 Å². The molecule has 0 atom stereocenters. The molecule has 3 nitrogen and oxygen atoms in total. The Balaban J connectivity index is 2.34. The molecule has 0 saturated heterocycles. The van der Waals surface area contributed by atoms with Gasteiger partial charge in [-0.25, -0.2) is 0 Å². The zero-order valence-corrected chi connectivity index (χ0v) is 13.2. The maximum atomic E-state index is 12.2. The summed E-state index contributed by atoms with van der Waals surface area (Å²) < 4.78 is 1.53. The van der Waals surface area contributed by atoms with Crippen molar-refractivity contribution in [3.8, 4) is 5.75 Å². The number of carbonyl (C=O) groups is 1. The van der Waals surface area contributed by atoms with Crippen LogP contribution in [0.1, 0.15) is 15.9 Å². The minimum Gasteiger partial charge on any atom is -0.507 e. The zero-order chi connectivity index (χ0) is 14.0. The molecule has 0 bridgehead atoms. The van der Waals surface area contributed by atoms with E-state index in [1.165, 1.54) is 0 Å². The van der Waals surface area contributed by atoms with Crippen molar-refractivity contribution in [2.45, 2.75) is 6.92 Å². The minimum absolute atomic E-state index is 0.00294. The minimum atomic E-state index is -0.353. The molecule has 0 heterocycles. The number of aryl methyl sites for hydroxylation is 1. The normalized spacial score (nSPS) is 10.3. The molecule has 0 spiro atoms. The van der Waals surface area contributed by atoms with Crippen molar-refractivity contribution in [2.24, 2.45) is 0 Å². The number of aromatic hydroxyl groups is 1. The van der Waals surface area contributed by atoms with E-state index in [0.29, 0.717) is 11.3 Å². The van der Waals surface area contributed by atoms with Crippen LogP contribution in [0.5, 0.6) is 5.75 Å². The van der Waals surface area contributed by atoms with Crippen LogP contribution in [0.4, 0.5) is 5.69 Å². The number of nitrogens with one attached hydrogen (secondary N) is 1. The second-order valence-corrected chi connectivity index (χ2v) is 5.73. The summed E-state index contributed by atoms with van der Waals surface area (Å²) in [5.74, 6) is -0.350. The highest BCUT2D eigenvalue weighted by Crippen LogP contribution is 2.31. The number of hydrogen-bond acceptors (Lipinski definition) is 2. The molecule has 0 saturated carbocycles. The number of hydrogen-bond donors (Lipinski definition) is 2. The summed E-state index contributed by atoms with van der Waals surface area (Å²) >= 11 is 6.75. The molecule has 0 aliphatic heterocycles. The molecule has 19 heavy (non-hydrogen) atoms. The number of rotatable bonds is 2. The SMILES string of the molecule is Cc1cccc(C(=O)Nc2c(Br)cccc2Br)c1O. The highest BCUT2D eigenvalue weighted by atomic mass is 79.9. The molecule has 0 aliphatic carbocycles. The molecule has 0 aromatic heterocycles. The van der Waals surface area contributed by atoms with Crippen molar-refractivity contribution in [3.63, 3.8) is 0 Å². The number of amides is 1. The van der Waals surface area contributed by atoms with Crippen LogP contribution in [0.25, 0.3) is 0 Å². The van der Waals surface area contributed by atoms with Gasteiger partial charge in [-0.15, -0.1) is 0 Å². The lowest BCUT2D eigenvalue weighted by molar-refractivity contribution is 0.102. The Morgan fingerprint density at radius 2 is 1.68 bits per heavy atom. The number of carbonyl (C=O) groups excluding carboxylic acids is 1. The summed E-state index contributed by atoms with van der Waals surface area (Å²) in [5.41, 5.74) is 1.55. The Morgan fingerprint density at radius 1 is 1.11 bits per heavy atom. The third-order valence-electron chi connectivity index (χ3n) is 2.68. The highest BCUT2D eigenvalue weighted by Gasteiger charge is 2.15. The molecule has 0 unspecified atom stereocenters. The average Bonchev–Trinajstić information content (AvgIpc) is 2.37. The fraction of sp³-hybridized carbons (Fsp3) is 0.0714. The lowest BCUT2D eigenvalue weighted by atomic mass is 10.1. The first-order chi connectivity index (χ1) is 9.00. The second-order valence-electron chi connectivity index (χ2n) is 4.02. The van der Waals surface area contributed by atoms with Crippen molar-refractivity contribution in [1.29, 1.82) is 0 Å². The first-order valence-electron chi connectivity index (χ1n) is 5.54. The molecular weight excluding hydrogens is 374 g/mol. The number of halogens is 2. The molecule has 5 heteroatoms. The van der Waals surface area contributed by atoms with Gasteiger partial charge >= 0.3 is 0 Å². The first-order valence-corrected chi connectivity index (χ1v) is 7.13. The Morgan fingerprint density at radius 3 is 2.32 bits per heavy atom. The number of phenols is 1. The third kappa shape index (κ3) is 2.98. The van der Waals surface area contributed by atoms with Crippen LogP contribution in [0, 0.1) is 6.92 Å². The number of benzene rings is 2. The van der Waals surface area contributed by atoms with Crippen molar-refractivity contribution >= 4 is 43.5 Å². The summed E-state index contributed by atoms with van der Waals surface area (Å²) in [5, 5.41) is 12.7. The topological polar surface area (TPSA) is 49.3 Å². The van der Waals surface area contributed by atoms with E-state index in [1.807, 2.05) is 18.2 Å². The van der Waals surface area contributed by atoms with Gasteiger partial charge in [0.25, 0.3) is 5.91 Å². The van der Waals surface area contributed by atoms with Gasteiger partial charge in [-0.05, 0) is 62.5 Å². The van der Waals surface area contributed by atoms with Crippen molar-refractivity contribution < 1.29 is 9.90 Å². The van der Waals surface area contributed by atoms with Crippen molar-refractivity contribution in [1.82, 2.24) is 0 Å². The average molecular weight is 385 g/mol. The van der Waals surface area contributed by atoms with Gasteiger partial charge < -0.3 is 10.4 Å². The van der Waals surface area contributed by atoms with E-state index in [2.05, 4.69) is 37.2 Å². The van der Waals surface area contributed by atoms with E-state index in [1.54, 1.807) is 25.1 Å². The van der Waals surface area contributed by atoms with Gasteiger partial charge in [0.2, 0.25) is 0 Å². The maximum absolute atomic E-state index is 12.2. The quantitative estimate of drug-likeness (QED) is 0.801. The first kappa shape index (κ1) is 14.1. The monoisotopic (exact) mass is 383 g/mol. The second kappa shape index (κ2) is 5.75. The van der Waals surface area contributed by atoms with Crippen LogP contribution < -0.4 is 5.32 Å². The van der Waals surface area contributed by atoms with Gasteiger partial charge in [0, 0.05) is 8.95 Å². The van der Waals surface area contributed by atoms with E-state index < -0.39 is 0 Å². The molecule has 0 aliphatic rings. The predicted octanol–water partition coefficient (Wildman–Crippen LogP) is 4.48. The van der Waals surface area contributed by atoms with Gasteiger partial charge in [0.1, 0.15) is 5.75 Å². The fourth-order valence-electron chi connectivity index (χ4n) is 1.64. The lowest BCUT2D eigenvalue weighted by Crippen LogP contribution is -2.13. The summed E-state index contributed by atoms with van der Waals surface area (Å²) in [6, 6.07) is 10.6. The summed E-state index contributed by atoms with van der Waals surface area (Å²) in [4.78, 5) is 12.2. The number of anilines is 1. The summed E-state index contributed by atoms with van der Waals surface area (Å²) in [7, 11) is 0. The molecule has 0 fully saturated rings. The molecule has 98 valence electrons. The largest absolute Gasteiger partial charge is 0.507 e. The molecule has 2 aromatic rings. The molecule has 0 radical (unpaired) electrons. The van der Waals surface area contributed by atoms with Gasteiger partial charge in [-0.1, -0.05) is 18.2 Å². The van der Waals surface area contributed by atoms with Crippen LogP contribution in [0.2, 0.25) is 0 Å². The maximum Gasteiger partial charge on any atom is 0.259 e. The summed E-state index contributed by atoms with van der Waals surface area (Å²) in [6.07, 6.45) is 0. The van der Waals surface area contributed by atoms with E-state index in [0.717, 1.165) is 8.95 Å². The van der Waals surface area contributed by atoms with Crippen LogP contribution in [-0.2, 0) is 0 Å². The van der Waals surface area contributed by atoms with Crippen molar-refractivity contribution in [2.75, 3.05) is 5.32 Å². The summed E-state index contributed by atoms with van der Waals surface area (Å²) in [6.45, 7) is 1.75. The van der Waals surface area contributed by atoms with E-state index in [-0.39, 0.29) is 17.2 Å². The zero-order valence-electron chi connectivity index (χ0n) is 10.1. The Bertz CT molecular complexity index is 621. The van der Waals surface area contributed by atoms with Gasteiger partial charge in [0.15, 0.2) is 0 Å². The lowest BCUT2D eigenvalue weighted by Gasteiger charge is -2.11. The van der Waals surface area contributed by atoms with E-state index in [9.17, 15) is 9.90 Å². The van der Waals surface area contributed by atoms with Crippen LogP contribution in [-0.4, -0.2) is 11.0 Å². The van der Waals surface area contributed by atoms with Crippen LogP contribution in [0.3, 0.4) is 0 Å². The Labute approximate surface area is 127 Å². The Kier molecular flexibility index (Phi) is 4.27. The highest BCUT2D eigenvalue weighted by molar-refractivity contribution is 9.11. The molecule has 2 aromatic carbocycles. The standard InChI is InChI=1S/C14H11Br2NO2/c1-8-4-2-5-9(13(8)18)14(19)17-12-10(15)6-3-7-11(12)16/h2-7,18H,1H3,(H,17,19). The number of phenolic OH excluding ortho intramolecular Hbond substituents is 1. The van der Waals surface area contributed by atoms with Gasteiger partial charge in [0.05, 0.1) is 11.3 Å². The third-order valence-corrected chi connectivity index (χ3v) is 4.01. The molecule has 1 amide bonds. The van der Waals surface area contributed by atoms with E-state index >= 15 is 0 Å². The molecule has 2 rings (SSSR count). The Hall–Kier alpha value is -1.33. The fourth-order valence-corrected chi connectivity index (χ4v) is 2.84. The van der Waals surface area contributed by atoms with Crippen LogP contribution in [0.15, 0.2) is 45.3 Å². The van der Waals surface area contributed by atoms with E-state index in [4.69, 9.17) is 0 Å². The smallest absolute Gasteiger partial charge is 0.259 e. The number of para-hydroxylation sites is 2. The van der Waals surface area contributed by atoms with Crippen molar-refractivity contribution in [3.05, 3.63) is 56.5 Å².